The standard InChI is InChI=1S/C8H8N2OS/c1-5-4-12-6-3-9-10(2)8(11)7(5)6/h3-4H,1-2H3. The summed E-state index contributed by atoms with van der Waals surface area (Å²) in [4.78, 5) is 11.5. The molecule has 0 aliphatic heterocycles. The Bertz CT molecular complexity index is 483. The van der Waals surface area contributed by atoms with E-state index in [0.29, 0.717) is 0 Å². The molecule has 0 spiro atoms. The predicted molar refractivity (Wildman–Crippen MR) is 49.6 cm³/mol. The van der Waals surface area contributed by atoms with Crippen molar-refractivity contribution in [3.8, 4) is 0 Å². The molecular weight excluding hydrogens is 172 g/mol. The SMILES string of the molecule is Cc1csc2cnn(C)c(=O)c12. The second-order valence-corrected chi connectivity index (χ2v) is 3.64. The third-order valence-corrected chi connectivity index (χ3v) is 2.89. The molecule has 0 saturated carbocycles. The molecule has 0 saturated heterocycles. The van der Waals surface area contributed by atoms with Gasteiger partial charge >= 0.3 is 0 Å². The summed E-state index contributed by atoms with van der Waals surface area (Å²) >= 11 is 1.56. The quantitative estimate of drug-likeness (QED) is 0.612. The highest BCUT2D eigenvalue weighted by atomic mass is 32.1. The van der Waals surface area contributed by atoms with Crippen LogP contribution in [0.3, 0.4) is 0 Å². The van der Waals surface area contributed by atoms with Gasteiger partial charge in [0.05, 0.1) is 16.3 Å². The number of aromatic nitrogens is 2. The highest BCUT2D eigenvalue weighted by molar-refractivity contribution is 7.17. The number of hydrogen-bond donors (Lipinski definition) is 0. The van der Waals surface area contributed by atoms with Gasteiger partial charge < -0.3 is 0 Å². The summed E-state index contributed by atoms with van der Waals surface area (Å²) in [6.07, 6.45) is 1.73. The minimum atomic E-state index is -0.00810. The fourth-order valence-electron chi connectivity index (χ4n) is 1.19. The number of hydrogen-bond acceptors (Lipinski definition) is 3. The Balaban J connectivity index is 3.06. The van der Waals surface area contributed by atoms with E-state index < -0.39 is 0 Å². The minimum Gasteiger partial charge on any atom is -0.267 e. The zero-order valence-corrected chi connectivity index (χ0v) is 7.68. The maximum absolute atomic E-state index is 11.5. The van der Waals surface area contributed by atoms with Gasteiger partial charge in [-0.2, -0.15) is 5.10 Å². The average molecular weight is 180 g/mol. The van der Waals surface area contributed by atoms with E-state index in [-0.39, 0.29) is 5.56 Å². The summed E-state index contributed by atoms with van der Waals surface area (Å²) in [7, 11) is 1.67. The second-order valence-electron chi connectivity index (χ2n) is 2.73. The van der Waals surface area contributed by atoms with Crippen LogP contribution in [0.4, 0.5) is 0 Å². The molecule has 2 rings (SSSR count). The molecule has 0 bridgehead atoms. The number of nitrogens with zero attached hydrogens (tertiary/aromatic N) is 2. The first-order valence-corrected chi connectivity index (χ1v) is 4.48. The summed E-state index contributed by atoms with van der Waals surface area (Å²) < 4.78 is 2.33. The molecule has 0 unspecified atom stereocenters. The van der Waals surface area contributed by atoms with Crippen molar-refractivity contribution >= 4 is 21.4 Å². The molecule has 12 heavy (non-hydrogen) atoms. The van der Waals surface area contributed by atoms with E-state index in [9.17, 15) is 4.79 Å². The number of rotatable bonds is 0. The van der Waals surface area contributed by atoms with E-state index in [1.54, 1.807) is 24.6 Å². The van der Waals surface area contributed by atoms with Crippen LogP contribution in [0.5, 0.6) is 0 Å². The van der Waals surface area contributed by atoms with Gasteiger partial charge in [0.25, 0.3) is 5.56 Å². The van der Waals surface area contributed by atoms with Crippen molar-refractivity contribution in [2.75, 3.05) is 0 Å². The Labute approximate surface area is 73.3 Å². The molecule has 4 heteroatoms. The highest BCUT2D eigenvalue weighted by Crippen LogP contribution is 2.20. The summed E-state index contributed by atoms with van der Waals surface area (Å²) in [6, 6.07) is 0. The molecule has 2 aromatic rings. The average Bonchev–Trinajstić information content (AvgIpc) is 2.41. The van der Waals surface area contributed by atoms with E-state index in [0.717, 1.165) is 15.6 Å². The van der Waals surface area contributed by atoms with Crippen LogP contribution in [-0.4, -0.2) is 9.78 Å². The van der Waals surface area contributed by atoms with Crippen LogP contribution < -0.4 is 5.56 Å². The van der Waals surface area contributed by atoms with Crippen molar-refractivity contribution in [1.82, 2.24) is 9.78 Å². The van der Waals surface area contributed by atoms with E-state index in [1.807, 2.05) is 12.3 Å². The number of thiophene rings is 1. The molecule has 0 aliphatic rings. The fraction of sp³-hybridized carbons (Fsp3) is 0.250. The first-order chi connectivity index (χ1) is 5.70. The van der Waals surface area contributed by atoms with Crippen molar-refractivity contribution in [2.24, 2.45) is 7.05 Å². The summed E-state index contributed by atoms with van der Waals surface area (Å²) in [5.74, 6) is 0. The third kappa shape index (κ3) is 0.881. The monoisotopic (exact) mass is 180 g/mol. The largest absolute Gasteiger partial charge is 0.275 e. The molecule has 62 valence electrons. The maximum atomic E-state index is 11.5. The zero-order chi connectivity index (χ0) is 8.72. The van der Waals surface area contributed by atoms with Gasteiger partial charge in [0.1, 0.15) is 0 Å². The van der Waals surface area contributed by atoms with Gasteiger partial charge in [-0.1, -0.05) is 0 Å². The lowest BCUT2D eigenvalue weighted by molar-refractivity contribution is 0.719. The molecular formula is C8H8N2OS. The van der Waals surface area contributed by atoms with Crippen LogP contribution in [0.1, 0.15) is 5.56 Å². The highest BCUT2D eigenvalue weighted by Gasteiger charge is 2.05. The molecule has 0 aliphatic carbocycles. The molecule has 0 aromatic carbocycles. The molecule has 0 amide bonds. The number of fused-ring (bicyclic) bond motifs is 1. The van der Waals surface area contributed by atoms with Crippen molar-refractivity contribution in [3.05, 3.63) is 27.5 Å². The van der Waals surface area contributed by atoms with Gasteiger partial charge in [0.2, 0.25) is 0 Å². The molecule has 2 heterocycles. The molecule has 3 nitrogen and oxygen atoms in total. The first-order valence-electron chi connectivity index (χ1n) is 3.60. The Morgan fingerprint density at radius 3 is 3.08 bits per heavy atom. The number of aryl methyl sites for hydroxylation is 2. The Morgan fingerprint density at radius 2 is 2.33 bits per heavy atom. The predicted octanol–water partition coefficient (Wildman–Crippen LogP) is 1.30. The van der Waals surface area contributed by atoms with Crippen LogP contribution in [0.2, 0.25) is 0 Å². The van der Waals surface area contributed by atoms with Gasteiger partial charge in [-0.3, -0.25) is 4.79 Å². The van der Waals surface area contributed by atoms with Crippen molar-refractivity contribution in [3.63, 3.8) is 0 Å². The van der Waals surface area contributed by atoms with E-state index in [1.165, 1.54) is 4.68 Å². The molecule has 0 N–H and O–H groups in total. The first kappa shape index (κ1) is 7.49. The van der Waals surface area contributed by atoms with E-state index in [2.05, 4.69) is 5.10 Å². The molecule has 2 aromatic heterocycles. The Kier molecular flexibility index (Phi) is 1.51. The van der Waals surface area contributed by atoms with Gasteiger partial charge in [-0.15, -0.1) is 11.3 Å². The molecule has 0 fully saturated rings. The van der Waals surface area contributed by atoms with Crippen LogP contribution in [-0.2, 0) is 7.05 Å². The lowest BCUT2D eigenvalue weighted by atomic mass is 10.2. The van der Waals surface area contributed by atoms with Gasteiger partial charge in [-0.05, 0) is 17.9 Å². The van der Waals surface area contributed by atoms with Crippen molar-refractivity contribution in [1.29, 1.82) is 0 Å². The van der Waals surface area contributed by atoms with Gasteiger partial charge in [0, 0.05) is 7.05 Å². The van der Waals surface area contributed by atoms with Gasteiger partial charge in [-0.25, -0.2) is 4.68 Å². The zero-order valence-electron chi connectivity index (χ0n) is 6.87. The second kappa shape index (κ2) is 2.42. The third-order valence-electron chi connectivity index (χ3n) is 1.86. The van der Waals surface area contributed by atoms with Crippen LogP contribution >= 0.6 is 11.3 Å². The van der Waals surface area contributed by atoms with Crippen LogP contribution in [0.15, 0.2) is 16.4 Å². The Hall–Kier alpha value is -1.16. The molecule has 0 radical (unpaired) electrons. The van der Waals surface area contributed by atoms with Crippen molar-refractivity contribution < 1.29 is 0 Å². The summed E-state index contributed by atoms with van der Waals surface area (Å²) in [6.45, 7) is 1.94. The van der Waals surface area contributed by atoms with Crippen LogP contribution in [0.25, 0.3) is 10.1 Å². The lowest BCUT2D eigenvalue weighted by Gasteiger charge is -1.94. The van der Waals surface area contributed by atoms with E-state index >= 15 is 0 Å². The van der Waals surface area contributed by atoms with E-state index in [4.69, 9.17) is 0 Å². The van der Waals surface area contributed by atoms with Crippen LogP contribution in [0, 0.1) is 6.92 Å². The van der Waals surface area contributed by atoms with Gasteiger partial charge in [0.15, 0.2) is 0 Å². The molecule has 0 atom stereocenters. The normalized spacial score (nSPS) is 10.8. The topological polar surface area (TPSA) is 34.9 Å². The Morgan fingerprint density at radius 1 is 1.58 bits per heavy atom. The maximum Gasteiger partial charge on any atom is 0.275 e. The summed E-state index contributed by atoms with van der Waals surface area (Å²) in [5.41, 5.74) is 1.03. The summed E-state index contributed by atoms with van der Waals surface area (Å²) in [5, 5.41) is 6.72. The fourth-order valence-corrected chi connectivity index (χ4v) is 2.08. The smallest absolute Gasteiger partial charge is 0.267 e. The lowest BCUT2D eigenvalue weighted by Crippen LogP contribution is -2.18. The van der Waals surface area contributed by atoms with Crippen molar-refractivity contribution in [2.45, 2.75) is 6.92 Å². The minimum absolute atomic E-state index is 0.00810.